The minimum atomic E-state index is -0.185. The van der Waals surface area contributed by atoms with E-state index in [4.69, 9.17) is 0 Å². The summed E-state index contributed by atoms with van der Waals surface area (Å²) in [7, 11) is 0. The highest BCUT2D eigenvalue weighted by Gasteiger charge is 2.26. The van der Waals surface area contributed by atoms with Gasteiger partial charge in [0.25, 0.3) is 0 Å². The number of aromatic amines is 1. The number of aromatic nitrogens is 2. The van der Waals surface area contributed by atoms with Gasteiger partial charge in [0, 0.05) is 34.6 Å². The third-order valence-electron chi connectivity index (χ3n) is 4.96. The van der Waals surface area contributed by atoms with Crippen LogP contribution in [0.25, 0.3) is 22.2 Å². The number of fused-ring (bicyclic) bond motifs is 2. The van der Waals surface area contributed by atoms with Gasteiger partial charge >= 0.3 is 0 Å². The Balaban J connectivity index is 1.83. The van der Waals surface area contributed by atoms with Gasteiger partial charge in [-0.05, 0) is 41.8 Å². The van der Waals surface area contributed by atoms with Gasteiger partial charge in [0.15, 0.2) is 0 Å². The maximum absolute atomic E-state index is 14.2. The molecule has 1 atom stereocenters. The first-order valence-electron chi connectivity index (χ1n) is 8.30. The SMILES string of the molecule is Cc1ccc(C2Nc3ccccc3-c3ccnc4[nH]cc2c34)cc1F. The molecule has 4 aromatic rings. The van der Waals surface area contributed by atoms with Gasteiger partial charge in [-0.1, -0.05) is 30.3 Å². The summed E-state index contributed by atoms with van der Waals surface area (Å²) in [5.74, 6) is -0.185. The molecule has 2 aromatic heterocycles. The molecular formula is C21H16FN3. The van der Waals surface area contributed by atoms with E-state index in [-0.39, 0.29) is 11.9 Å². The maximum Gasteiger partial charge on any atom is 0.138 e. The number of aryl methyl sites for hydroxylation is 1. The Morgan fingerprint density at radius 2 is 1.92 bits per heavy atom. The number of benzene rings is 2. The molecule has 1 aliphatic heterocycles. The molecule has 0 bridgehead atoms. The molecule has 122 valence electrons. The quantitative estimate of drug-likeness (QED) is 0.504. The van der Waals surface area contributed by atoms with Gasteiger partial charge in [0.2, 0.25) is 0 Å². The summed E-state index contributed by atoms with van der Waals surface area (Å²) in [6, 6.07) is 15.5. The molecule has 2 N–H and O–H groups in total. The van der Waals surface area contributed by atoms with E-state index >= 15 is 0 Å². The first kappa shape index (κ1) is 14.2. The van der Waals surface area contributed by atoms with Gasteiger partial charge in [-0.25, -0.2) is 9.37 Å². The third-order valence-corrected chi connectivity index (χ3v) is 4.96. The van der Waals surface area contributed by atoms with Crippen molar-refractivity contribution in [2.24, 2.45) is 0 Å². The average Bonchev–Trinajstić information content (AvgIpc) is 3.00. The molecule has 1 unspecified atom stereocenters. The van der Waals surface area contributed by atoms with E-state index in [1.807, 2.05) is 42.7 Å². The fourth-order valence-electron chi connectivity index (χ4n) is 3.66. The van der Waals surface area contributed by atoms with Crippen LogP contribution in [0.4, 0.5) is 10.1 Å². The predicted octanol–water partition coefficient (Wildman–Crippen LogP) is 5.19. The van der Waals surface area contributed by atoms with Gasteiger partial charge in [0.05, 0.1) is 6.04 Å². The number of rotatable bonds is 1. The number of halogens is 1. The average molecular weight is 329 g/mol. The number of para-hydroxylation sites is 1. The largest absolute Gasteiger partial charge is 0.374 e. The Morgan fingerprint density at radius 1 is 1.04 bits per heavy atom. The summed E-state index contributed by atoms with van der Waals surface area (Å²) in [6.07, 6.45) is 3.79. The lowest BCUT2D eigenvalue weighted by Gasteiger charge is -2.20. The number of pyridine rings is 1. The van der Waals surface area contributed by atoms with Crippen LogP contribution in [0.5, 0.6) is 0 Å². The number of H-pyrrole nitrogens is 1. The molecule has 0 amide bonds. The van der Waals surface area contributed by atoms with Crippen LogP contribution in [-0.4, -0.2) is 9.97 Å². The van der Waals surface area contributed by atoms with E-state index in [1.54, 1.807) is 13.0 Å². The van der Waals surface area contributed by atoms with E-state index in [1.165, 1.54) is 0 Å². The summed E-state index contributed by atoms with van der Waals surface area (Å²) >= 11 is 0. The van der Waals surface area contributed by atoms with E-state index in [9.17, 15) is 4.39 Å². The molecule has 0 saturated carbocycles. The molecule has 3 nitrogen and oxygen atoms in total. The zero-order valence-corrected chi connectivity index (χ0v) is 13.7. The van der Waals surface area contributed by atoms with Crippen molar-refractivity contribution in [1.82, 2.24) is 9.97 Å². The Morgan fingerprint density at radius 3 is 2.80 bits per heavy atom. The van der Waals surface area contributed by atoms with E-state index in [2.05, 4.69) is 27.4 Å². The summed E-state index contributed by atoms with van der Waals surface area (Å²) < 4.78 is 14.2. The van der Waals surface area contributed by atoms with Crippen molar-refractivity contribution in [2.75, 3.05) is 5.32 Å². The highest BCUT2D eigenvalue weighted by atomic mass is 19.1. The lowest BCUT2D eigenvalue weighted by Crippen LogP contribution is -2.11. The highest BCUT2D eigenvalue weighted by Crippen LogP contribution is 2.43. The Kier molecular flexibility index (Phi) is 2.95. The number of anilines is 1. The molecule has 0 saturated heterocycles. The summed E-state index contributed by atoms with van der Waals surface area (Å²) in [4.78, 5) is 7.72. The summed E-state index contributed by atoms with van der Waals surface area (Å²) in [5, 5.41) is 4.69. The molecule has 3 heterocycles. The first-order valence-corrected chi connectivity index (χ1v) is 8.30. The molecule has 5 rings (SSSR count). The van der Waals surface area contributed by atoms with Crippen LogP contribution in [0.3, 0.4) is 0 Å². The van der Waals surface area contributed by atoms with Crippen LogP contribution in [0, 0.1) is 12.7 Å². The van der Waals surface area contributed by atoms with Crippen molar-refractivity contribution in [3.63, 3.8) is 0 Å². The van der Waals surface area contributed by atoms with Crippen molar-refractivity contribution in [3.05, 3.63) is 83.4 Å². The zero-order chi connectivity index (χ0) is 17.0. The lowest BCUT2D eigenvalue weighted by atomic mass is 9.96. The van der Waals surface area contributed by atoms with Crippen LogP contribution in [-0.2, 0) is 0 Å². The first-order chi connectivity index (χ1) is 12.2. The van der Waals surface area contributed by atoms with Crippen LogP contribution in [0.2, 0.25) is 0 Å². The second-order valence-electron chi connectivity index (χ2n) is 6.46. The van der Waals surface area contributed by atoms with E-state index in [0.29, 0.717) is 5.56 Å². The monoisotopic (exact) mass is 329 g/mol. The minimum absolute atomic E-state index is 0.143. The Labute approximate surface area is 144 Å². The zero-order valence-electron chi connectivity index (χ0n) is 13.7. The molecule has 25 heavy (non-hydrogen) atoms. The Bertz CT molecular complexity index is 1110. The fraction of sp³-hybridized carbons (Fsp3) is 0.0952. The molecule has 4 heteroatoms. The van der Waals surface area contributed by atoms with Gasteiger partial charge in [-0.15, -0.1) is 0 Å². The minimum Gasteiger partial charge on any atom is -0.374 e. The van der Waals surface area contributed by atoms with Crippen molar-refractivity contribution < 1.29 is 4.39 Å². The molecule has 0 fully saturated rings. The molecule has 0 aliphatic carbocycles. The second kappa shape index (κ2) is 5.18. The second-order valence-corrected chi connectivity index (χ2v) is 6.46. The van der Waals surface area contributed by atoms with Crippen molar-refractivity contribution in [3.8, 4) is 11.1 Å². The molecule has 0 radical (unpaired) electrons. The standard InChI is InChI=1S/C21H16FN3/c1-12-6-7-13(10-17(12)22)20-16-11-24-21-19(16)15(8-9-23-21)14-4-2-3-5-18(14)25-20/h2-11,20,25H,1H3,(H,23,24). The third kappa shape index (κ3) is 2.07. The van der Waals surface area contributed by atoms with Crippen LogP contribution < -0.4 is 5.32 Å². The summed E-state index contributed by atoms with van der Waals surface area (Å²) in [6.45, 7) is 1.78. The van der Waals surface area contributed by atoms with Crippen LogP contribution >= 0.6 is 0 Å². The topological polar surface area (TPSA) is 40.7 Å². The molecule has 0 spiro atoms. The van der Waals surface area contributed by atoms with Gasteiger partial charge in [0.1, 0.15) is 11.5 Å². The molecular weight excluding hydrogens is 313 g/mol. The van der Waals surface area contributed by atoms with Crippen molar-refractivity contribution in [2.45, 2.75) is 13.0 Å². The smallest absolute Gasteiger partial charge is 0.138 e. The van der Waals surface area contributed by atoms with Gasteiger partial charge in [-0.3, -0.25) is 0 Å². The highest BCUT2D eigenvalue weighted by molar-refractivity contribution is 6.01. The van der Waals surface area contributed by atoms with E-state index in [0.717, 1.165) is 39.0 Å². The fourth-order valence-corrected chi connectivity index (χ4v) is 3.66. The normalized spacial score (nSPS) is 15.5. The number of hydrogen-bond acceptors (Lipinski definition) is 2. The molecule has 2 aromatic carbocycles. The summed E-state index contributed by atoms with van der Waals surface area (Å²) in [5.41, 5.74) is 6.79. The number of nitrogens with one attached hydrogen (secondary N) is 2. The number of nitrogens with zero attached hydrogens (tertiary/aromatic N) is 1. The van der Waals surface area contributed by atoms with Crippen molar-refractivity contribution >= 4 is 16.7 Å². The van der Waals surface area contributed by atoms with Crippen LogP contribution in [0.1, 0.15) is 22.7 Å². The van der Waals surface area contributed by atoms with Crippen molar-refractivity contribution in [1.29, 1.82) is 0 Å². The van der Waals surface area contributed by atoms with E-state index < -0.39 is 0 Å². The van der Waals surface area contributed by atoms with Gasteiger partial charge < -0.3 is 10.3 Å². The Hall–Kier alpha value is -3.14. The molecule has 1 aliphatic rings. The lowest BCUT2D eigenvalue weighted by molar-refractivity contribution is 0.615. The van der Waals surface area contributed by atoms with Crippen LogP contribution in [0.15, 0.2) is 60.9 Å². The number of hydrogen-bond donors (Lipinski definition) is 2. The predicted molar refractivity (Wildman–Crippen MR) is 98.1 cm³/mol. The van der Waals surface area contributed by atoms with Gasteiger partial charge in [-0.2, -0.15) is 0 Å². The maximum atomic E-state index is 14.2.